The van der Waals surface area contributed by atoms with Crippen molar-refractivity contribution in [2.24, 2.45) is 17.5 Å². The Morgan fingerprint density at radius 1 is 1.24 bits per heavy atom. The number of anilines is 1. The molecule has 3 rings (SSSR count). The topological polar surface area (TPSA) is 61.6 Å². The first-order chi connectivity index (χ1) is 13.9. The molecule has 7 heteroatoms. The third-order valence-electron chi connectivity index (χ3n) is 5.68. The normalized spacial score (nSPS) is 16.3. The van der Waals surface area contributed by atoms with Gasteiger partial charge in [-0.05, 0) is 37.3 Å². The maximum atomic E-state index is 4.89. The molecule has 158 valence electrons. The van der Waals surface area contributed by atoms with Gasteiger partial charge >= 0.3 is 0 Å². The van der Waals surface area contributed by atoms with E-state index in [1.54, 1.807) is 0 Å². The Hall–Kier alpha value is -2.57. The maximum absolute atomic E-state index is 4.89. The zero-order valence-electron chi connectivity index (χ0n) is 18.5. The van der Waals surface area contributed by atoms with Crippen molar-refractivity contribution in [3.63, 3.8) is 0 Å². The van der Waals surface area contributed by atoms with Gasteiger partial charge < -0.3 is 19.7 Å². The average molecular weight is 398 g/mol. The molecular formula is C22H35N7. The minimum Gasteiger partial charge on any atom is -0.375 e. The minimum absolute atomic E-state index is 0.331. The minimum atomic E-state index is 0.331. The van der Waals surface area contributed by atoms with E-state index >= 15 is 0 Å². The van der Waals surface area contributed by atoms with Gasteiger partial charge in [-0.1, -0.05) is 32.0 Å². The third-order valence-corrected chi connectivity index (χ3v) is 5.68. The molecule has 0 saturated carbocycles. The van der Waals surface area contributed by atoms with Crippen molar-refractivity contribution in [2.45, 2.75) is 40.2 Å². The Labute approximate surface area is 174 Å². The van der Waals surface area contributed by atoms with Crippen LogP contribution in [0, 0.1) is 12.3 Å². The number of guanidine groups is 1. The summed E-state index contributed by atoms with van der Waals surface area (Å²) in [6.45, 7) is 11.1. The Morgan fingerprint density at radius 2 is 2.00 bits per heavy atom. The standard InChI is InChI=1S/C22H35N7/c1-18-25-26-20(28(18)5)16-24-21(29-15-12-22(2,3)17-29)23-13-9-14-27(4)19-10-7-6-8-11-19/h6-8,10-11H,9,12-17H2,1-5H3,(H,23,24). The lowest BCUT2D eigenvalue weighted by Crippen LogP contribution is -2.41. The number of aromatic nitrogens is 3. The van der Waals surface area contributed by atoms with Gasteiger partial charge in [-0.3, -0.25) is 0 Å². The lowest BCUT2D eigenvalue weighted by Gasteiger charge is -2.25. The van der Waals surface area contributed by atoms with Gasteiger partial charge in [0.2, 0.25) is 0 Å². The van der Waals surface area contributed by atoms with Crippen LogP contribution in [0.1, 0.15) is 38.3 Å². The van der Waals surface area contributed by atoms with Crippen LogP contribution in [0.3, 0.4) is 0 Å². The SMILES string of the molecule is Cc1nnc(CN=C(NCCCN(C)c2ccccc2)N2CCC(C)(C)C2)n1C. The summed E-state index contributed by atoms with van der Waals surface area (Å²) in [5, 5.41) is 12.0. The summed E-state index contributed by atoms with van der Waals surface area (Å²) in [5.74, 6) is 2.79. The molecule has 2 aromatic rings. The number of likely N-dealkylation sites (tertiary alicyclic amines) is 1. The van der Waals surface area contributed by atoms with Crippen LogP contribution in [0.4, 0.5) is 5.69 Å². The van der Waals surface area contributed by atoms with E-state index in [1.807, 2.05) is 18.5 Å². The molecule has 0 unspecified atom stereocenters. The fourth-order valence-electron chi connectivity index (χ4n) is 3.62. The Balaban J connectivity index is 1.58. The van der Waals surface area contributed by atoms with Crippen LogP contribution in [-0.4, -0.2) is 58.9 Å². The first kappa shape index (κ1) is 21.1. The first-order valence-electron chi connectivity index (χ1n) is 10.5. The predicted octanol–water partition coefficient (Wildman–Crippen LogP) is 2.83. The van der Waals surface area contributed by atoms with Crippen LogP contribution in [0.2, 0.25) is 0 Å². The van der Waals surface area contributed by atoms with Crippen molar-refractivity contribution in [2.75, 3.05) is 38.1 Å². The van der Waals surface area contributed by atoms with Gasteiger partial charge in [-0.15, -0.1) is 10.2 Å². The maximum Gasteiger partial charge on any atom is 0.194 e. The summed E-state index contributed by atoms with van der Waals surface area (Å²) < 4.78 is 2.00. The number of aryl methyl sites for hydroxylation is 1. The quantitative estimate of drug-likeness (QED) is 0.442. The molecule has 1 saturated heterocycles. The molecule has 1 fully saturated rings. The molecule has 0 radical (unpaired) electrons. The van der Waals surface area contributed by atoms with E-state index in [9.17, 15) is 0 Å². The van der Waals surface area contributed by atoms with Gasteiger partial charge in [-0.2, -0.15) is 0 Å². The molecule has 1 aliphatic heterocycles. The highest BCUT2D eigenvalue weighted by atomic mass is 15.3. The van der Waals surface area contributed by atoms with Gasteiger partial charge in [0.15, 0.2) is 11.8 Å². The number of aliphatic imine (C=N–C) groups is 1. The number of benzene rings is 1. The van der Waals surface area contributed by atoms with E-state index < -0.39 is 0 Å². The van der Waals surface area contributed by atoms with Crippen molar-refractivity contribution in [1.29, 1.82) is 0 Å². The molecule has 0 bridgehead atoms. The molecule has 1 aromatic heterocycles. The van der Waals surface area contributed by atoms with Crippen LogP contribution in [0.15, 0.2) is 35.3 Å². The Morgan fingerprint density at radius 3 is 2.62 bits per heavy atom. The van der Waals surface area contributed by atoms with Crippen LogP contribution >= 0.6 is 0 Å². The van der Waals surface area contributed by atoms with E-state index in [-0.39, 0.29) is 0 Å². The Kier molecular flexibility index (Phi) is 6.77. The number of nitrogens with one attached hydrogen (secondary N) is 1. The summed E-state index contributed by atoms with van der Waals surface area (Å²) in [6.07, 6.45) is 2.23. The second kappa shape index (κ2) is 9.29. The molecule has 7 nitrogen and oxygen atoms in total. The molecule has 0 spiro atoms. The Bertz CT molecular complexity index is 810. The third kappa shape index (κ3) is 5.71. The monoisotopic (exact) mass is 397 g/mol. The summed E-state index contributed by atoms with van der Waals surface area (Å²) in [5.41, 5.74) is 1.58. The summed E-state index contributed by atoms with van der Waals surface area (Å²) in [6, 6.07) is 10.5. The van der Waals surface area contributed by atoms with Crippen LogP contribution in [0.5, 0.6) is 0 Å². The molecule has 0 aliphatic carbocycles. The molecule has 2 heterocycles. The van der Waals surface area contributed by atoms with E-state index in [1.165, 1.54) is 12.1 Å². The van der Waals surface area contributed by atoms with Gasteiger partial charge in [0.25, 0.3) is 0 Å². The lowest BCUT2D eigenvalue weighted by atomic mass is 9.93. The van der Waals surface area contributed by atoms with Gasteiger partial charge in [0, 0.05) is 46.0 Å². The first-order valence-corrected chi connectivity index (χ1v) is 10.5. The highest BCUT2D eigenvalue weighted by Crippen LogP contribution is 2.28. The van der Waals surface area contributed by atoms with Crippen LogP contribution in [0.25, 0.3) is 0 Å². The number of hydrogen-bond acceptors (Lipinski definition) is 4. The molecule has 1 aliphatic rings. The number of nitrogens with zero attached hydrogens (tertiary/aromatic N) is 6. The smallest absolute Gasteiger partial charge is 0.194 e. The molecule has 1 N–H and O–H groups in total. The average Bonchev–Trinajstić information content (AvgIpc) is 3.23. The zero-order chi connectivity index (χ0) is 20.9. The fraction of sp³-hybridized carbons (Fsp3) is 0.591. The van der Waals surface area contributed by atoms with Gasteiger partial charge in [-0.25, -0.2) is 4.99 Å². The molecule has 1 aromatic carbocycles. The largest absolute Gasteiger partial charge is 0.375 e. The van der Waals surface area contributed by atoms with Gasteiger partial charge in [0.1, 0.15) is 12.4 Å². The van der Waals surface area contributed by atoms with E-state index in [4.69, 9.17) is 4.99 Å². The molecule has 29 heavy (non-hydrogen) atoms. The highest BCUT2D eigenvalue weighted by Gasteiger charge is 2.31. The fourth-order valence-corrected chi connectivity index (χ4v) is 3.62. The zero-order valence-corrected chi connectivity index (χ0v) is 18.5. The van der Waals surface area contributed by atoms with Gasteiger partial charge in [0.05, 0.1) is 0 Å². The number of rotatable bonds is 7. The summed E-state index contributed by atoms with van der Waals surface area (Å²) >= 11 is 0. The van der Waals surface area contributed by atoms with Crippen molar-refractivity contribution < 1.29 is 0 Å². The lowest BCUT2D eigenvalue weighted by molar-refractivity contribution is 0.369. The second-order valence-electron chi connectivity index (χ2n) is 8.74. The van der Waals surface area contributed by atoms with Crippen molar-refractivity contribution in [1.82, 2.24) is 25.0 Å². The summed E-state index contributed by atoms with van der Waals surface area (Å²) in [4.78, 5) is 9.56. The second-order valence-corrected chi connectivity index (χ2v) is 8.74. The number of hydrogen-bond donors (Lipinski definition) is 1. The predicted molar refractivity (Wildman–Crippen MR) is 119 cm³/mol. The van der Waals surface area contributed by atoms with E-state index in [0.717, 1.165) is 50.2 Å². The molecule has 0 amide bonds. The number of para-hydroxylation sites is 1. The molecular weight excluding hydrogens is 362 g/mol. The van der Waals surface area contributed by atoms with Crippen molar-refractivity contribution in [3.05, 3.63) is 42.0 Å². The van der Waals surface area contributed by atoms with Crippen molar-refractivity contribution >= 4 is 11.6 Å². The van der Waals surface area contributed by atoms with Crippen LogP contribution in [-0.2, 0) is 13.6 Å². The van der Waals surface area contributed by atoms with E-state index in [2.05, 4.69) is 76.5 Å². The molecule has 0 atom stereocenters. The van der Waals surface area contributed by atoms with Crippen molar-refractivity contribution in [3.8, 4) is 0 Å². The highest BCUT2D eigenvalue weighted by molar-refractivity contribution is 5.80. The van der Waals surface area contributed by atoms with Crippen LogP contribution < -0.4 is 10.2 Å². The summed E-state index contributed by atoms with van der Waals surface area (Å²) in [7, 11) is 4.13. The van der Waals surface area contributed by atoms with E-state index in [0.29, 0.717) is 12.0 Å².